The minimum absolute atomic E-state index is 0.109. The summed E-state index contributed by atoms with van der Waals surface area (Å²) in [6.45, 7) is 10.5. The Hall–Kier alpha value is -1.33. The number of hydrogen-bond acceptors (Lipinski definition) is 4. The summed E-state index contributed by atoms with van der Waals surface area (Å²) >= 11 is 0. The Kier molecular flexibility index (Phi) is 6.25. The van der Waals surface area contributed by atoms with Crippen molar-refractivity contribution >= 4 is 5.91 Å². The molecule has 0 aromatic carbocycles. The maximum atomic E-state index is 12.4. The van der Waals surface area contributed by atoms with Gasteiger partial charge in [0.05, 0.1) is 6.26 Å². The molecule has 0 bridgehead atoms. The van der Waals surface area contributed by atoms with E-state index in [0.717, 1.165) is 37.0 Å². The molecule has 1 saturated heterocycles. The highest BCUT2D eigenvalue weighted by atomic mass is 16.3. The largest absolute Gasteiger partial charge is 0.459 e. The molecule has 1 aliphatic heterocycles. The first-order valence-electron chi connectivity index (χ1n) is 8.59. The van der Waals surface area contributed by atoms with Gasteiger partial charge in [-0.3, -0.25) is 4.79 Å². The van der Waals surface area contributed by atoms with Crippen molar-refractivity contribution < 1.29 is 9.21 Å². The van der Waals surface area contributed by atoms with Crippen LogP contribution in [-0.2, 0) is 6.54 Å². The number of nitrogens with one attached hydrogen (secondary N) is 1. The normalized spacial score (nSPS) is 23.9. The summed E-state index contributed by atoms with van der Waals surface area (Å²) in [4.78, 5) is 16.9. The molecule has 0 saturated carbocycles. The lowest BCUT2D eigenvalue weighted by atomic mass is 9.92. The zero-order valence-corrected chi connectivity index (χ0v) is 15.1. The van der Waals surface area contributed by atoms with E-state index >= 15 is 0 Å². The second kappa shape index (κ2) is 7.97. The molecule has 1 aliphatic rings. The Bertz CT molecular complexity index is 502. The fraction of sp³-hybridized carbons (Fsp3) is 0.722. The molecule has 3 atom stereocenters. The molecule has 0 unspecified atom stereocenters. The molecule has 1 aromatic heterocycles. The first kappa shape index (κ1) is 18.0. The van der Waals surface area contributed by atoms with Gasteiger partial charge in [-0.05, 0) is 45.3 Å². The van der Waals surface area contributed by atoms with E-state index in [4.69, 9.17) is 4.42 Å². The standard InChI is InChI=1S/C18H31N3O2/c1-13-8-14(2)10-21(9-13)11-15(3)19-18(22)17-16(6-7-23-17)12-20(4)5/h6-7,13-15H,8-12H2,1-5H3,(H,19,22)/t13-,14-,15-/m1/s1. The molecule has 2 rings (SSSR count). The fourth-order valence-electron chi connectivity index (χ4n) is 3.66. The van der Waals surface area contributed by atoms with E-state index in [1.807, 2.05) is 25.1 Å². The zero-order valence-electron chi connectivity index (χ0n) is 15.1. The maximum absolute atomic E-state index is 12.4. The Morgan fingerprint density at radius 2 is 2.04 bits per heavy atom. The first-order chi connectivity index (χ1) is 10.8. The SMILES string of the molecule is C[C@@H]1C[C@@H](C)CN(C[C@@H](C)NC(=O)c2occc2CN(C)C)C1. The van der Waals surface area contributed by atoms with Crippen molar-refractivity contribution in [2.45, 2.75) is 39.8 Å². The molecule has 0 radical (unpaired) electrons. The van der Waals surface area contributed by atoms with Gasteiger partial charge in [-0.2, -0.15) is 0 Å². The third-order valence-corrected chi connectivity index (χ3v) is 4.29. The molecule has 130 valence electrons. The van der Waals surface area contributed by atoms with Gasteiger partial charge in [-0.25, -0.2) is 0 Å². The van der Waals surface area contributed by atoms with Crippen molar-refractivity contribution in [3.05, 3.63) is 23.7 Å². The van der Waals surface area contributed by atoms with Crippen molar-refractivity contribution in [1.82, 2.24) is 15.1 Å². The van der Waals surface area contributed by atoms with E-state index in [-0.39, 0.29) is 11.9 Å². The smallest absolute Gasteiger partial charge is 0.287 e. The van der Waals surface area contributed by atoms with E-state index in [1.165, 1.54) is 6.42 Å². The third-order valence-electron chi connectivity index (χ3n) is 4.29. The van der Waals surface area contributed by atoms with E-state index in [1.54, 1.807) is 6.26 Å². The van der Waals surface area contributed by atoms with Crippen LogP contribution in [0.1, 0.15) is 43.3 Å². The van der Waals surface area contributed by atoms with Crippen molar-refractivity contribution in [2.24, 2.45) is 11.8 Å². The molecule has 1 amide bonds. The van der Waals surface area contributed by atoms with Crippen molar-refractivity contribution in [3.8, 4) is 0 Å². The van der Waals surface area contributed by atoms with Crippen molar-refractivity contribution in [2.75, 3.05) is 33.7 Å². The summed E-state index contributed by atoms with van der Waals surface area (Å²) in [5.41, 5.74) is 0.930. The molecule has 0 spiro atoms. The van der Waals surface area contributed by atoms with Gasteiger partial charge in [-0.15, -0.1) is 0 Å². The lowest BCUT2D eigenvalue weighted by molar-refractivity contribution is 0.0876. The first-order valence-corrected chi connectivity index (χ1v) is 8.59. The number of furan rings is 1. The summed E-state index contributed by atoms with van der Waals surface area (Å²) in [5.74, 6) is 1.79. The number of hydrogen-bond donors (Lipinski definition) is 1. The van der Waals surface area contributed by atoms with Crippen LogP contribution in [0.15, 0.2) is 16.7 Å². The number of amides is 1. The monoisotopic (exact) mass is 321 g/mol. The molecule has 1 fully saturated rings. The van der Waals surface area contributed by atoms with Crippen molar-refractivity contribution in [3.63, 3.8) is 0 Å². The van der Waals surface area contributed by atoms with Crippen LogP contribution in [0.3, 0.4) is 0 Å². The Labute approximate surface area is 140 Å². The molecule has 0 aliphatic carbocycles. The predicted octanol–water partition coefficient (Wildman–Crippen LogP) is 2.44. The Morgan fingerprint density at radius 1 is 1.39 bits per heavy atom. The van der Waals surface area contributed by atoms with Gasteiger partial charge in [0.1, 0.15) is 0 Å². The van der Waals surface area contributed by atoms with Gasteiger partial charge in [0.2, 0.25) is 0 Å². The second-order valence-electron chi connectivity index (χ2n) is 7.55. The molecule has 23 heavy (non-hydrogen) atoms. The van der Waals surface area contributed by atoms with Crippen LogP contribution in [0.25, 0.3) is 0 Å². The summed E-state index contributed by atoms with van der Waals surface area (Å²) in [7, 11) is 3.96. The maximum Gasteiger partial charge on any atom is 0.287 e. The van der Waals surface area contributed by atoms with Crippen LogP contribution in [0.2, 0.25) is 0 Å². The topological polar surface area (TPSA) is 48.7 Å². The molecule has 1 aromatic rings. The fourth-order valence-corrected chi connectivity index (χ4v) is 3.66. The average molecular weight is 321 g/mol. The van der Waals surface area contributed by atoms with Crippen LogP contribution >= 0.6 is 0 Å². The highest BCUT2D eigenvalue weighted by molar-refractivity contribution is 5.93. The molecule has 2 heterocycles. The van der Waals surface area contributed by atoms with Crippen LogP contribution in [0.4, 0.5) is 0 Å². The predicted molar refractivity (Wildman–Crippen MR) is 92.4 cm³/mol. The van der Waals surface area contributed by atoms with Crippen LogP contribution < -0.4 is 5.32 Å². The van der Waals surface area contributed by atoms with E-state index in [0.29, 0.717) is 12.3 Å². The van der Waals surface area contributed by atoms with Gasteiger partial charge in [0.25, 0.3) is 5.91 Å². The van der Waals surface area contributed by atoms with Gasteiger partial charge in [0.15, 0.2) is 5.76 Å². The lowest BCUT2D eigenvalue weighted by Crippen LogP contribution is -2.47. The quantitative estimate of drug-likeness (QED) is 0.874. The lowest BCUT2D eigenvalue weighted by Gasteiger charge is -2.36. The Balaban J connectivity index is 1.88. The van der Waals surface area contributed by atoms with Crippen LogP contribution in [0.5, 0.6) is 0 Å². The Morgan fingerprint density at radius 3 is 2.65 bits per heavy atom. The second-order valence-corrected chi connectivity index (χ2v) is 7.55. The number of carbonyl (C=O) groups excluding carboxylic acids is 1. The molecule has 1 N–H and O–H groups in total. The van der Waals surface area contributed by atoms with Gasteiger partial charge in [-0.1, -0.05) is 13.8 Å². The van der Waals surface area contributed by atoms with Crippen LogP contribution in [-0.4, -0.2) is 55.5 Å². The number of piperidine rings is 1. The van der Waals surface area contributed by atoms with E-state index in [2.05, 4.69) is 31.0 Å². The van der Waals surface area contributed by atoms with Crippen LogP contribution in [0, 0.1) is 11.8 Å². The summed E-state index contributed by atoms with van der Waals surface area (Å²) in [6, 6.07) is 1.98. The number of nitrogens with zero attached hydrogens (tertiary/aromatic N) is 2. The minimum Gasteiger partial charge on any atom is -0.459 e. The van der Waals surface area contributed by atoms with Gasteiger partial charge < -0.3 is 19.5 Å². The number of likely N-dealkylation sites (tertiary alicyclic amines) is 1. The van der Waals surface area contributed by atoms with Gasteiger partial charge in [0, 0.05) is 37.8 Å². The third kappa shape index (κ3) is 5.36. The number of carbonyl (C=O) groups is 1. The van der Waals surface area contributed by atoms with E-state index in [9.17, 15) is 4.79 Å². The average Bonchev–Trinajstić information content (AvgIpc) is 2.84. The molecule has 5 heteroatoms. The van der Waals surface area contributed by atoms with E-state index < -0.39 is 0 Å². The summed E-state index contributed by atoms with van der Waals surface area (Å²) in [5, 5.41) is 3.08. The zero-order chi connectivity index (χ0) is 17.0. The summed E-state index contributed by atoms with van der Waals surface area (Å²) in [6.07, 6.45) is 2.89. The molecule has 5 nitrogen and oxygen atoms in total. The summed E-state index contributed by atoms with van der Waals surface area (Å²) < 4.78 is 5.40. The minimum atomic E-state index is -0.113. The van der Waals surface area contributed by atoms with Gasteiger partial charge >= 0.3 is 0 Å². The number of rotatable bonds is 6. The molecular weight excluding hydrogens is 290 g/mol. The van der Waals surface area contributed by atoms with Crippen molar-refractivity contribution in [1.29, 1.82) is 0 Å². The highest BCUT2D eigenvalue weighted by Crippen LogP contribution is 2.21. The highest BCUT2D eigenvalue weighted by Gasteiger charge is 2.24. The molecular formula is C18H31N3O2.